The molecular weight excluding hydrogens is 301 g/mol. The average Bonchev–Trinajstić information content (AvgIpc) is 3.06. The van der Waals surface area contributed by atoms with Crippen LogP contribution in [0.15, 0.2) is 4.52 Å². The number of ether oxygens (including phenoxy) is 1. The third-order valence-electron chi connectivity index (χ3n) is 3.79. The van der Waals surface area contributed by atoms with Crippen LogP contribution in [0, 0.1) is 33.5 Å². The van der Waals surface area contributed by atoms with Crippen molar-refractivity contribution < 1.29 is 13.7 Å². The monoisotopic (exact) mass is 317 g/mol. The Labute approximate surface area is 131 Å². The molecule has 7 nitrogen and oxygen atoms in total. The Kier molecular flexibility index (Phi) is 3.59. The van der Waals surface area contributed by atoms with Gasteiger partial charge in [0.25, 0.3) is 5.88 Å². The van der Waals surface area contributed by atoms with E-state index in [4.69, 9.17) is 9.26 Å². The second-order valence-electron chi connectivity index (χ2n) is 5.24. The molecule has 3 aromatic rings. The van der Waals surface area contributed by atoms with Gasteiger partial charge in [-0.05, 0) is 27.7 Å². The fourth-order valence-corrected chi connectivity index (χ4v) is 2.26. The summed E-state index contributed by atoms with van der Waals surface area (Å²) in [6.45, 7) is 7.18. The van der Waals surface area contributed by atoms with Gasteiger partial charge in [0, 0.05) is 11.1 Å². The summed E-state index contributed by atoms with van der Waals surface area (Å²) in [4.78, 5) is 8.26. The number of hydrogen-bond donors (Lipinski definition) is 1. The molecule has 0 aliphatic carbocycles. The van der Waals surface area contributed by atoms with E-state index in [2.05, 4.69) is 25.3 Å². The zero-order valence-electron chi connectivity index (χ0n) is 13.5. The molecule has 0 atom stereocenters. The molecule has 0 aliphatic rings. The third-order valence-corrected chi connectivity index (χ3v) is 3.79. The van der Waals surface area contributed by atoms with Gasteiger partial charge in [-0.1, -0.05) is 5.16 Å². The highest BCUT2D eigenvalue weighted by atomic mass is 19.1. The molecule has 0 fully saturated rings. The molecule has 1 N–H and O–H groups in total. The number of H-pyrrole nitrogens is 1. The van der Waals surface area contributed by atoms with E-state index < -0.39 is 5.82 Å². The van der Waals surface area contributed by atoms with Crippen molar-refractivity contribution in [2.75, 3.05) is 7.11 Å². The van der Waals surface area contributed by atoms with Gasteiger partial charge in [-0.2, -0.15) is 14.5 Å². The first-order valence-corrected chi connectivity index (χ1v) is 7.00. The molecule has 0 amide bonds. The van der Waals surface area contributed by atoms with Crippen LogP contribution >= 0.6 is 0 Å². The van der Waals surface area contributed by atoms with E-state index >= 15 is 0 Å². The van der Waals surface area contributed by atoms with Gasteiger partial charge in [-0.15, -0.1) is 0 Å². The highest BCUT2D eigenvalue weighted by molar-refractivity contribution is 5.70. The zero-order chi connectivity index (χ0) is 16.7. The molecule has 3 rings (SSSR count). The van der Waals surface area contributed by atoms with Gasteiger partial charge in [0.15, 0.2) is 5.82 Å². The van der Waals surface area contributed by atoms with E-state index in [1.54, 1.807) is 6.92 Å². The summed E-state index contributed by atoms with van der Waals surface area (Å²) in [5.41, 5.74) is 3.82. The van der Waals surface area contributed by atoms with Crippen molar-refractivity contribution in [3.63, 3.8) is 0 Å². The molecular formula is C15H16FN5O2. The molecule has 0 radical (unpaired) electrons. The SMILES string of the molecule is COc1nc(-c2[nH]nc(-c3noc(C)c3C)c2C)nc(C)c1F. The van der Waals surface area contributed by atoms with Gasteiger partial charge in [-0.25, -0.2) is 4.98 Å². The number of rotatable bonds is 3. The Balaban J connectivity index is 2.13. The first-order valence-electron chi connectivity index (χ1n) is 7.00. The normalized spacial score (nSPS) is 11.0. The van der Waals surface area contributed by atoms with Gasteiger partial charge < -0.3 is 9.26 Å². The lowest BCUT2D eigenvalue weighted by Gasteiger charge is -2.06. The van der Waals surface area contributed by atoms with Gasteiger partial charge in [0.05, 0.1) is 12.8 Å². The molecule has 0 saturated carbocycles. The number of methoxy groups -OCH3 is 1. The average molecular weight is 317 g/mol. The molecule has 120 valence electrons. The van der Waals surface area contributed by atoms with E-state index in [1.165, 1.54) is 7.11 Å². The predicted molar refractivity (Wildman–Crippen MR) is 80.6 cm³/mol. The predicted octanol–water partition coefficient (Wildman–Crippen LogP) is 2.90. The summed E-state index contributed by atoms with van der Waals surface area (Å²) in [5.74, 6) is 0.377. The minimum absolute atomic E-state index is 0.100. The lowest BCUT2D eigenvalue weighted by molar-refractivity contribution is 0.366. The highest BCUT2D eigenvalue weighted by Crippen LogP contribution is 2.31. The van der Waals surface area contributed by atoms with Crippen LogP contribution in [-0.2, 0) is 0 Å². The van der Waals surface area contributed by atoms with E-state index in [-0.39, 0.29) is 11.6 Å². The summed E-state index contributed by atoms with van der Waals surface area (Å²) in [6.07, 6.45) is 0. The van der Waals surface area contributed by atoms with Gasteiger partial charge in [0.2, 0.25) is 5.82 Å². The summed E-state index contributed by atoms with van der Waals surface area (Å²) in [5, 5.41) is 11.2. The van der Waals surface area contributed by atoms with Gasteiger partial charge >= 0.3 is 0 Å². The second-order valence-corrected chi connectivity index (χ2v) is 5.24. The number of halogens is 1. The number of aromatic nitrogens is 5. The minimum atomic E-state index is -0.573. The molecule has 3 heterocycles. The Hall–Kier alpha value is -2.77. The largest absolute Gasteiger partial charge is 0.479 e. The topological polar surface area (TPSA) is 89.7 Å². The van der Waals surface area contributed by atoms with Crippen LogP contribution in [0.5, 0.6) is 5.88 Å². The minimum Gasteiger partial charge on any atom is -0.479 e. The fourth-order valence-electron chi connectivity index (χ4n) is 2.26. The van der Waals surface area contributed by atoms with E-state index in [0.29, 0.717) is 22.9 Å². The van der Waals surface area contributed by atoms with Crippen LogP contribution < -0.4 is 4.74 Å². The van der Waals surface area contributed by atoms with Crippen molar-refractivity contribution in [1.82, 2.24) is 25.3 Å². The van der Waals surface area contributed by atoms with E-state index in [1.807, 2.05) is 20.8 Å². The number of hydrogen-bond acceptors (Lipinski definition) is 6. The van der Waals surface area contributed by atoms with Gasteiger partial charge in [-0.3, -0.25) is 5.10 Å². The van der Waals surface area contributed by atoms with E-state index in [9.17, 15) is 4.39 Å². The van der Waals surface area contributed by atoms with Crippen LogP contribution in [0.25, 0.3) is 22.9 Å². The van der Waals surface area contributed by atoms with Crippen molar-refractivity contribution in [1.29, 1.82) is 0 Å². The van der Waals surface area contributed by atoms with Crippen LogP contribution in [0.4, 0.5) is 4.39 Å². The fraction of sp³-hybridized carbons (Fsp3) is 0.333. The van der Waals surface area contributed by atoms with Gasteiger partial charge in [0.1, 0.15) is 22.8 Å². The third kappa shape index (κ3) is 2.36. The first-order chi connectivity index (χ1) is 10.9. The lowest BCUT2D eigenvalue weighted by atomic mass is 10.1. The molecule has 23 heavy (non-hydrogen) atoms. The Bertz CT molecular complexity index is 884. The molecule has 0 spiro atoms. The van der Waals surface area contributed by atoms with E-state index in [0.717, 1.165) is 16.9 Å². The zero-order valence-corrected chi connectivity index (χ0v) is 13.5. The maximum atomic E-state index is 13.8. The maximum Gasteiger partial charge on any atom is 0.254 e. The molecule has 0 saturated heterocycles. The number of nitrogens with one attached hydrogen (secondary N) is 1. The Morgan fingerprint density at radius 1 is 1.04 bits per heavy atom. The van der Waals surface area contributed by atoms with Crippen molar-refractivity contribution in [3.05, 3.63) is 28.4 Å². The number of nitrogens with zero attached hydrogens (tertiary/aromatic N) is 4. The quantitative estimate of drug-likeness (QED) is 0.799. The second kappa shape index (κ2) is 5.45. The first kappa shape index (κ1) is 15.1. The van der Waals surface area contributed by atoms with Crippen molar-refractivity contribution >= 4 is 0 Å². The molecule has 0 bridgehead atoms. The van der Waals surface area contributed by atoms with Crippen molar-refractivity contribution in [3.8, 4) is 28.8 Å². The highest BCUT2D eigenvalue weighted by Gasteiger charge is 2.21. The van der Waals surface area contributed by atoms with Crippen molar-refractivity contribution in [2.24, 2.45) is 0 Å². The van der Waals surface area contributed by atoms with Crippen LogP contribution in [-0.4, -0.2) is 32.4 Å². The molecule has 0 aromatic carbocycles. The molecule has 8 heteroatoms. The van der Waals surface area contributed by atoms with Crippen molar-refractivity contribution in [2.45, 2.75) is 27.7 Å². The van der Waals surface area contributed by atoms with Crippen LogP contribution in [0.2, 0.25) is 0 Å². The molecule has 0 aliphatic heterocycles. The summed E-state index contributed by atoms with van der Waals surface area (Å²) in [6, 6.07) is 0. The summed E-state index contributed by atoms with van der Waals surface area (Å²) >= 11 is 0. The summed E-state index contributed by atoms with van der Waals surface area (Å²) < 4.78 is 24.0. The smallest absolute Gasteiger partial charge is 0.254 e. The standard InChI is InChI=1S/C15H16FN5O2/c1-6-9(4)23-21-12(6)11-7(2)13(20-19-11)14-17-8(3)10(16)15(18-14)22-5/h1-5H3,(H,19,20). The number of aryl methyl sites for hydroxylation is 2. The lowest BCUT2D eigenvalue weighted by Crippen LogP contribution is -2.01. The Morgan fingerprint density at radius 2 is 1.78 bits per heavy atom. The summed E-state index contributed by atoms with van der Waals surface area (Å²) in [7, 11) is 1.36. The van der Waals surface area contributed by atoms with Crippen LogP contribution in [0.3, 0.4) is 0 Å². The molecule has 0 unspecified atom stereocenters. The van der Waals surface area contributed by atoms with Crippen LogP contribution in [0.1, 0.15) is 22.6 Å². The number of aromatic amines is 1. The molecule has 3 aromatic heterocycles. The maximum absolute atomic E-state index is 13.8. The Morgan fingerprint density at radius 3 is 2.39 bits per heavy atom.